The molecule has 0 heterocycles. The first-order valence-electron chi connectivity index (χ1n) is 11.2. The van der Waals surface area contributed by atoms with Gasteiger partial charge < -0.3 is 15.2 Å². The molecule has 3 aromatic rings. The molecule has 0 bridgehead atoms. The van der Waals surface area contributed by atoms with Crippen molar-refractivity contribution in [3.8, 4) is 23.0 Å². The Balaban J connectivity index is 1.26. The fourth-order valence-corrected chi connectivity index (χ4v) is 4.12. The second kappa shape index (κ2) is 11.0. The zero-order chi connectivity index (χ0) is 24.6. The van der Waals surface area contributed by atoms with Gasteiger partial charge in [-0.1, -0.05) is 66.6 Å². The van der Waals surface area contributed by atoms with Crippen LogP contribution in [0.2, 0.25) is 0 Å². The second-order valence-electron chi connectivity index (χ2n) is 8.03. The molecular weight excluding hydrogens is 444 g/mol. The van der Waals surface area contributed by atoms with E-state index in [-0.39, 0.29) is 31.4 Å². The first-order chi connectivity index (χ1) is 17.0. The lowest BCUT2D eigenvalue weighted by Crippen LogP contribution is -2.23. The van der Waals surface area contributed by atoms with Crippen molar-refractivity contribution >= 4 is 23.7 Å². The van der Waals surface area contributed by atoms with Gasteiger partial charge in [-0.15, -0.1) is 0 Å². The molecule has 3 N–H and O–H groups in total. The molecule has 0 saturated carbocycles. The summed E-state index contributed by atoms with van der Waals surface area (Å²) in [6, 6.07) is 23.5. The number of aryl methyl sites for hydroxylation is 1. The molecule has 0 atom stereocenters. The number of ether oxygens (including phenoxy) is 1. The first kappa shape index (κ1) is 23.6. The molecule has 1 aliphatic rings. The quantitative estimate of drug-likeness (QED) is 0.451. The van der Waals surface area contributed by atoms with Gasteiger partial charge in [0.1, 0.15) is 6.61 Å². The Labute approximate surface area is 203 Å². The molecular formula is C28H24N2O5. The average Bonchev–Trinajstić information content (AvgIpc) is 3.18. The summed E-state index contributed by atoms with van der Waals surface area (Å²) in [7, 11) is 0. The predicted octanol–water partition coefficient (Wildman–Crippen LogP) is 4.18. The topological polar surface area (TPSA) is 105 Å². The van der Waals surface area contributed by atoms with E-state index in [9.17, 15) is 14.4 Å². The maximum atomic E-state index is 12.4. The van der Waals surface area contributed by atoms with Crippen LogP contribution in [0.4, 0.5) is 10.5 Å². The third-order valence-corrected chi connectivity index (χ3v) is 5.75. The summed E-state index contributed by atoms with van der Waals surface area (Å²) in [6.45, 7) is 0.234. The van der Waals surface area contributed by atoms with E-state index in [4.69, 9.17) is 9.84 Å². The molecule has 176 valence electrons. The van der Waals surface area contributed by atoms with E-state index in [0.29, 0.717) is 12.1 Å². The predicted molar refractivity (Wildman–Crippen MR) is 132 cm³/mol. The maximum Gasteiger partial charge on any atom is 0.411 e. The number of carbonyl (C=O) groups is 3. The molecule has 0 radical (unpaired) electrons. The van der Waals surface area contributed by atoms with Gasteiger partial charge in [0, 0.05) is 23.9 Å². The third kappa shape index (κ3) is 6.06. The molecule has 2 amide bonds. The number of fused-ring (bicyclic) bond motifs is 3. The molecule has 4 rings (SSSR count). The molecule has 0 unspecified atom stereocenters. The number of benzene rings is 3. The number of carboxylic acids is 1. The standard InChI is InChI=1S/C28H24N2O5/c31-26(29-17-5-10-27(32)33)16-13-19-11-14-20(15-12-19)30-28(34)35-18-25-23-8-3-1-6-21(23)22-7-2-4-9-24(22)25/h1-4,6-9,11-12,14-15,25H,13,16-18H2,(H,29,31)(H,30,34)(H,32,33). The lowest BCUT2D eigenvalue weighted by atomic mass is 9.98. The van der Waals surface area contributed by atoms with E-state index in [1.54, 1.807) is 12.1 Å². The Hall–Kier alpha value is -4.57. The van der Waals surface area contributed by atoms with E-state index in [2.05, 4.69) is 40.8 Å². The van der Waals surface area contributed by atoms with Crippen molar-refractivity contribution in [3.63, 3.8) is 0 Å². The van der Waals surface area contributed by atoms with Crippen LogP contribution in [0.25, 0.3) is 11.1 Å². The molecule has 0 aromatic heterocycles. The van der Waals surface area contributed by atoms with Gasteiger partial charge in [0.15, 0.2) is 0 Å². The van der Waals surface area contributed by atoms with Gasteiger partial charge in [0.25, 0.3) is 0 Å². The van der Waals surface area contributed by atoms with Crippen LogP contribution in [0, 0.1) is 11.8 Å². The molecule has 7 nitrogen and oxygen atoms in total. The summed E-state index contributed by atoms with van der Waals surface area (Å²) in [6.07, 6.45) is 0.221. The Morgan fingerprint density at radius 2 is 1.51 bits per heavy atom. The van der Waals surface area contributed by atoms with E-state index in [1.165, 1.54) is 11.1 Å². The third-order valence-electron chi connectivity index (χ3n) is 5.75. The van der Waals surface area contributed by atoms with Crippen LogP contribution < -0.4 is 10.6 Å². The zero-order valence-electron chi connectivity index (χ0n) is 18.9. The molecule has 0 spiro atoms. The van der Waals surface area contributed by atoms with E-state index >= 15 is 0 Å². The highest BCUT2D eigenvalue weighted by molar-refractivity contribution is 5.87. The minimum absolute atomic E-state index is 0.00298. The number of anilines is 1. The van der Waals surface area contributed by atoms with Gasteiger partial charge in [-0.3, -0.25) is 10.1 Å². The van der Waals surface area contributed by atoms with Crippen molar-refractivity contribution in [1.29, 1.82) is 0 Å². The molecule has 1 aliphatic carbocycles. The highest BCUT2D eigenvalue weighted by atomic mass is 16.5. The van der Waals surface area contributed by atoms with E-state index < -0.39 is 12.1 Å². The normalized spacial score (nSPS) is 11.4. The number of carbonyl (C=O) groups excluding carboxylic acids is 2. The summed E-state index contributed by atoms with van der Waals surface area (Å²) in [4.78, 5) is 34.5. The Bertz CT molecular complexity index is 1260. The van der Waals surface area contributed by atoms with Gasteiger partial charge in [-0.2, -0.15) is 0 Å². The maximum absolute atomic E-state index is 12.4. The van der Waals surface area contributed by atoms with Crippen LogP contribution in [-0.4, -0.2) is 36.2 Å². The second-order valence-corrected chi connectivity index (χ2v) is 8.03. The minimum atomic E-state index is -1.23. The first-order valence-corrected chi connectivity index (χ1v) is 11.2. The number of aliphatic carboxylic acids is 1. The summed E-state index contributed by atoms with van der Waals surface area (Å²) >= 11 is 0. The fourth-order valence-electron chi connectivity index (χ4n) is 4.12. The largest absolute Gasteiger partial charge is 0.472 e. The SMILES string of the molecule is O=C(O)C#CCNC(=O)CCc1ccc(NC(=O)OCC2c3ccccc3-c3ccccc32)cc1. The number of amides is 2. The lowest BCUT2D eigenvalue weighted by Gasteiger charge is -2.14. The van der Waals surface area contributed by atoms with Gasteiger partial charge in [0.05, 0.1) is 6.54 Å². The molecule has 0 saturated heterocycles. The lowest BCUT2D eigenvalue weighted by molar-refractivity contribution is -0.130. The van der Waals surface area contributed by atoms with Crippen molar-refractivity contribution in [3.05, 3.63) is 89.5 Å². The molecule has 35 heavy (non-hydrogen) atoms. The number of rotatable bonds is 7. The van der Waals surface area contributed by atoms with Crippen molar-refractivity contribution in [2.45, 2.75) is 18.8 Å². The summed E-state index contributed by atoms with van der Waals surface area (Å²) < 4.78 is 5.56. The fraction of sp³-hybridized carbons (Fsp3) is 0.179. The van der Waals surface area contributed by atoms with Gasteiger partial charge in [-0.25, -0.2) is 9.59 Å². The van der Waals surface area contributed by atoms with Crippen LogP contribution in [0.1, 0.15) is 29.0 Å². The van der Waals surface area contributed by atoms with Crippen molar-refractivity contribution in [1.82, 2.24) is 5.32 Å². The van der Waals surface area contributed by atoms with Gasteiger partial charge in [0.2, 0.25) is 5.91 Å². The number of hydrogen-bond donors (Lipinski definition) is 3. The monoisotopic (exact) mass is 468 g/mol. The smallest absolute Gasteiger partial charge is 0.411 e. The van der Waals surface area contributed by atoms with Crippen molar-refractivity contribution in [2.24, 2.45) is 0 Å². The number of hydrogen-bond acceptors (Lipinski definition) is 4. The molecule has 3 aromatic carbocycles. The Morgan fingerprint density at radius 1 is 0.886 bits per heavy atom. The molecule has 7 heteroatoms. The van der Waals surface area contributed by atoms with E-state index in [1.807, 2.05) is 42.3 Å². The van der Waals surface area contributed by atoms with Gasteiger partial charge in [-0.05, 0) is 46.4 Å². The number of carboxylic acid groups (broad SMARTS) is 1. The molecule has 0 fully saturated rings. The van der Waals surface area contributed by atoms with E-state index in [0.717, 1.165) is 16.7 Å². The zero-order valence-corrected chi connectivity index (χ0v) is 18.9. The van der Waals surface area contributed by atoms with Crippen LogP contribution in [0.5, 0.6) is 0 Å². The van der Waals surface area contributed by atoms with Crippen LogP contribution >= 0.6 is 0 Å². The highest BCUT2D eigenvalue weighted by Crippen LogP contribution is 2.44. The van der Waals surface area contributed by atoms with Crippen LogP contribution in [0.3, 0.4) is 0 Å². The summed E-state index contributed by atoms with van der Waals surface area (Å²) in [5.74, 6) is 2.83. The summed E-state index contributed by atoms with van der Waals surface area (Å²) in [5.41, 5.74) is 6.19. The Kier molecular flexibility index (Phi) is 7.44. The molecule has 0 aliphatic heterocycles. The highest BCUT2D eigenvalue weighted by Gasteiger charge is 2.28. The minimum Gasteiger partial charge on any atom is -0.472 e. The van der Waals surface area contributed by atoms with Crippen LogP contribution in [-0.2, 0) is 20.7 Å². The van der Waals surface area contributed by atoms with Crippen LogP contribution in [0.15, 0.2) is 72.8 Å². The van der Waals surface area contributed by atoms with Crippen molar-refractivity contribution in [2.75, 3.05) is 18.5 Å². The summed E-state index contributed by atoms with van der Waals surface area (Å²) in [5, 5.41) is 13.7. The van der Waals surface area contributed by atoms with Crippen molar-refractivity contribution < 1.29 is 24.2 Å². The Morgan fingerprint density at radius 3 is 2.14 bits per heavy atom. The van der Waals surface area contributed by atoms with Gasteiger partial charge >= 0.3 is 12.1 Å². The average molecular weight is 469 g/mol. The number of nitrogens with one attached hydrogen (secondary N) is 2.